The van der Waals surface area contributed by atoms with Gasteiger partial charge in [-0.05, 0) is 19.1 Å². The first-order valence-electron chi connectivity index (χ1n) is 3.21. The molecule has 0 bridgehead atoms. The van der Waals surface area contributed by atoms with Crippen LogP contribution < -0.4 is 4.84 Å². The molecule has 0 atom stereocenters. The Hall–Kier alpha value is -1.02. The predicted molar refractivity (Wildman–Crippen MR) is 46.0 cm³/mol. The number of halogens is 1. The van der Waals surface area contributed by atoms with Crippen molar-refractivity contribution in [3.63, 3.8) is 0 Å². The second-order valence-corrected chi connectivity index (χ2v) is 2.54. The van der Waals surface area contributed by atoms with E-state index in [2.05, 4.69) is 5.16 Å². The fraction of sp³-hybridized carbons (Fsp3) is 0.125. The average molecular weight is 170 g/mol. The van der Waals surface area contributed by atoms with E-state index in [9.17, 15) is 0 Å². The van der Waals surface area contributed by atoms with Crippen molar-refractivity contribution in [2.45, 2.75) is 6.92 Å². The molecule has 2 nitrogen and oxygen atoms in total. The lowest BCUT2D eigenvalue weighted by molar-refractivity contribution is 0.342. The summed E-state index contributed by atoms with van der Waals surface area (Å²) in [6.45, 7) is 1.66. The van der Waals surface area contributed by atoms with Gasteiger partial charge in [0.25, 0.3) is 0 Å². The Morgan fingerprint density at radius 1 is 1.36 bits per heavy atom. The van der Waals surface area contributed by atoms with Gasteiger partial charge in [-0.3, -0.25) is 0 Å². The number of hydrogen-bond donors (Lipinski definition) is 0. The van der Waals surface area contributed by atoms with E-state index in [4.69, 9.17) is 16.4 Å². The van der Waals surface area contributed by atoms with Crippen LogP contribution in [0.25, 0.3) is 0 Å². The fourth-order valence-corrected chi connectivity index (χ4v) is 0.631. The van der Waals surface area contributed by atoms with Crippen LogP contribution in [0.3, 0.4) is 0 Å². The second-order valence-electron chi connectivity index (χ2n) is 1.99. The van der Waals surface area contributed by atoms with Gasteiger partial charge in [-0.15, -0.1) is 0 Å². The molecule has 0 saturated heterocycles. The lowest BCUT2D eigenvalue weighted by atomic mass is 10.3. The number of oxime groups is 1. The van der Waals surface area contributed by atoms with Crippen LogP contribution in [0.2, 0.25) is 0 Å². The highest BCUT2D eigenvalue weighted by atomic mass is 35.5. The molecule has 58 valence electrons. The SMILES string of the molecule is CC(Cl)=NOc1ccccc1. The molecule has 0 fully saturated rings. The molecule has 0 unspecified atom stereocenters. The first kappa shape index (κ1) is 8.08. The van der Waals surface area contributed by atoms with Gasteiger partial charge in [0.1, 0.15) is 5.17 Å². The number of benzene rings is 1. The van der Waals surface area contributed by atoms with E-state index in [1.807, 2.05) is 30.3 Å². The van der Waals surface area contributed by atoms with Crippen molar-refractivity contribution in [2.24, 2.45) is 5.16 Å². The summed E-state index contributed by atoms with van der Waals surface area (Å²) in [5.41, 5.74) is 0. The molecule has 0 aliphatic heterocycles. The summed E-state index contributed by atoms with van der Waals surface area (Å²) in [4.78, 5) is 4.92. The zero-order valence-corrected chi connectivity index (χ0v) is 6.88. The van der Waals surface area contributed by atoms with Crippen molar-refractivity contribution < 1.29 is 4.84 Å². The lowest BCUT2D eigenvalue weighted by Gasteiger charge is -1.95. The molecule has 1 aromatic carbocycles. The number of rotatable bonds is 2. The van der Waals surface area contributed by atoms with Gasteiger partial charge in [-0.2, -0.15) is 0 Å². The minimum absolute atomic E-state index is 0.383. The Balaban J connectivity index is 2.59. The minimum Gasteiger partial charge on any atom is -0.356 e. The van der Waals surface area contributed by atoms with Gasteiger partial charge < -0.3 is 4.84 Å². The summed E-state index contributed by atoms with van der Waals surface area (Å²) in [6, 6.07) is 9.26. The molecule has 0 heterocycles. The first-order chi connectivity index (χ1) is 5.29. The normalized spacial score (nSPS) is 11.3. The summed E-state index contributed by atoms with van der Waals surface area (Å²) in [5, 5.41) is 3.96. The van der Waals surface area contributed by atoms with Crippen LogP contribution in [0, 0.1) is 0 Å². The van der Waals surface area contributed by atoms with Crippen molar-refractivity contribution in [1.29, 1.82) is 0 Å². The molecule has 3 heteroatoms. The molecule has 0 amide bonds. The molecule has 0 aliphatic carbocycles. The molecule has 11 heavy (non-hydrogen) atoms. The van der Waals surface area contributed by atoms with Crippen LogP contribution in [0.5, 0.6) is 5.75 Å². The molecule has 0 N–H and O–H groups in total. The average Bonchev–Trinajstić information content (AvgIpc) is 2.03. The maximum atomic E-state index is 5.45. The fourth-order valence-electron chi connectivity index (χ4n) is 0.597. The van der Waals surface area contributed by atoms with E-state index < -0.39 is 0 Å². The topological polar surface area (TPSA) is 21.6 Å². The molecule has 1 rings (SSSR count). The third kappa shape index (κ3) is 3.05. The molecular formula is C8H8ClNO. The van der Waals surface area contributed by atoms with Gasteiger partial charge in [-0.1, -0.05) is 35.0 Å². The van der Waals surface area contributed by atoms with E-state index >= 15 is 0 Å². The summed E-state index contributed by atoms with van der Waals surface area (Å²) in [6.07, 6.45) is 0. The monoisotopic (exact) mass is 169 g/mol. The number of nitrogens with zero attached hydrogens (tertiary/aromatic N) is 1. The van der Waals surface area contributed by atoms with E-state index in [0.717, 1.165) is 0 Å². The molecule has 0 spiro atoms. The van der Waals surface area contributed by atoms with E-state index in [1.165, 1.54) is 0 Å². The van der Waals surface area contributed by atoms with Crippen molar-refractivity contribution in [2.75, 3.05) is 0 Å². The third-order valence-electron chi connectivity index (χ3n) is 1.02. The van der Waals surface area contributed by atoms with Gasteiger partial charge in [0.05, 0.1) is 0 Å². The Labute approximate surface area is 70.4 Å². The van der Waals surface area contributed by atoms with Gasteiger partial charge in [-0.25, -0.2) is 0 Å². The smallest absolute Gasteiger partial charge is 0.158 e. The lowest BCUT2D eigenvalue weighted by Crippen LogP contribution is -1.85. The molecule has 1 aromatic rings. The summed E-state index contributed by atoms with van der Waals surface area (Å²) < 4.78 is 0. The van der Waals surface area contributed by atoms with Crippen LogP contribution in [0.15, 0.2) is 35.5 Å². The molecular weight excluding hydrogens is 162 g/mol. The Morgan fingerprint density at radius 2 is 2.00 bits per heavy atom. The van der Waals surface area contributed by atoms with Crippen molar-refractivity contribution >= 4 is 16.8 Å². The summed E-state index contributed by atoms with van der Waals surface area (Å²) in [5.74, 6) is 0.688. The van der Waals surface area contributed by atoms with Gasteiger partial charge >= 0.3 is 0 Å². The largest absolute Gasteiger partial charge is 0.356 e. The van der Waals surface area contributed by atoms with Crippen LogP contribution in [-0.2, 0) is 0 Å². The van der Waals surface area contributed by atoms with Crippen molar-refractivity contribution in [3.8, 4) is 5.75 Å². The van der Waals surface area contributed by atoms with Crippen LogP contribution in [0.1, 0.15) is 6.92 Å². The summed E-state index contributed by atoms with van der Waals surface area (Å²) >= 11 is 5.45. The van der Waals surface area contributed by atoms with Gasteiger partial charge in [0.2, 0.25) is 0 Å². The zero-order chi connectivity index (χ0) is 8.10. The zero-order valence-electron chi connectivity index (χ0n) is 6.12. The maximum Gasteiger partial charge on any atom is 0.158 e. The van der Waals surface area contributed by atoms with Crippen LogP contribution in [-0.4, -0.2) is 5.17 Å². The Kier molecular flexibility index (Phi) is 2.93. The van der Waals surface area contributed by atoms with Crippen molar-refractivity contribution in [3.05, 3.63) is 30.3 Å². The Bertz CT molecular complexity index is 242. The van der Waals surface area contributed by atoms with E-state index in [0.29, 0.717) is 10.9 Å². The molecule has 0 aliphatic rings. The van der Waals surface area contributed by atoms with Crippen molar-refractivity contribution in [1.82, 2.24) is 0 Å². The quantitative estimate of drug-likeness (QED) is 0.493. The Morgan fingerprint density at radius 3 is 2.55 bits per heavy atom. The third-order valence-corrected chi connectivity index (χ3v) is 1.09. The highest BCUT2D eigenvalue weighted by Crippen LogP contribution is 2.08. The maximum absolute atomic E-state index is 5.45. The number of para-hydroxylation sites is 1. The molecule has 0 aromatic heterocycles. The van der Waals surface area contributed by atoms with Gasteiger partial charge in [0, 0.05) is 0 Å². The highest BCUT2D eigenvalue weighted by Gasteiger charge is 1.87. The van der Waals surface area contributed by atoms with Gasteiger partial charge in [0.15, 0.2) is 5.75 Å². The highest BCUT2D eigenvalue weighted by molar-refractivity contribution is 6.64. The predicted octanol–water partition coefficient (Wildman–Crippen LogP) is 2.64. The first-order valence-corrected chi connectivity index (χ1v) is 3.59. The second kappa shape index (κ2) is 3.98. The van der Waals surface area contributed by atoms with Crippen LogP contribution in [0.4, 0.5) is 0 Å². The van der Waals surface area contributed by atoms with Crippen LogP contribution >= 0.6 is 11.6 Å². The molecule has 0 saturated carbocycles. The standard InChI is InChI=1S/C8H8ClNO/c1-7(9)10-11-8-5-3-2-4-6-8/h2-6H,1H3. The number of hydrogen-bond acceptors (Lipinski definition) is 2. The summed E-state index contributed by atoms with van der Waals surface area (Å²) in [7, 11) is 0. The van der Waals surface area contributed by atoms with E-state index in [1.54, 1.807) is 6.92 Å². The van der Waals surface area contributed by atoms with E-state index in [-0.39, 0.29) is 0 Å². The molecule has 0 radical (unpaired) electrons. The minimum atomic E-state index is 0.383.